The molecule has 1 saturated heterocycles. The maximum absolute atomic E-state index is 11.6. The molecule has 1 aliphatic rings. The van der Waals surface area contributed by atoms with Gasteiger partial charge in [-0.15, -0.1) is 0 Å². The van der Waals surface area contributed by atoms with E-state index in [9.17, 15) is 9.59 Å². The molecule has 1 aromatic heterocycles. The first-order chi connectivity index (χ1) is 11.1. The van der Waals surface area contributed by atoms with Crippen LogP contribution in [0.3, 0.4) is 0 Å². The molecule has 0 aromatic carbocycles. The quantitative estimate of drug-likeness (QED) is 0.632. The molecule has 2 rings (SSSR count). The Morgan fingerprint density at radius 2 is 2.39 bits per heavy atom. The van der Waals surface area contributed by atoms with Gasteiger partial charge in [-0.05, 0) is 31.9 Å². The van der Waals surface area contributed by atoms with Gasteiger partial charge in [0.1, 0.15) is 0 Å². The SMILES string of the molecule is CCOC(=O)c1cnn(CC/C=C2\CNCCC2SC(C)=O)c1. The number of carbonyl (C=O) groups is 2. The highest BCUT2D eigenvalue weighted by Gasteiger charge is 2.20. The lowest BCUT2D eigenvalue weighted by molar-refractivity contribution is -0.109. The van der Waals surface area contributed by atoms with Crippen LogP contribution in [0.5, 0.6) is 0 Å². The third kappa shape index (κ3) is 5.51. The van der Waals surface area contributed by atoms with E-state index in [-0.39, 0.29) is 16.3 Å². The largest absolute Gasteiger partial charge is 0.462 e. The summed E-state index contributed by atoms with van der Waals surface area (Å²) in [5, 5.41) is 7.96. The van der Waals surface area contributed by atoms with Gasteiger partial charge in [0.2, 0.25) is 0 Å². The van der Waals surface area contributed by atoms with E-state index in [0.29, 0.717) is 18.7 Å². The van der Waals surface area contributed by atoms with E-state index < -0.39 is 0 Å². The van der Waals surface area contributed by atoms with Gasteiger partial charge in [-0.2, -0.15) is 5.10 Å². The summed E-state index contributed by atoms with van der Waals surface area (Å²) in [6.07, 6.45) is 7.21. The number of hydrogen-bond donors (Lipinski definition) is 1. The van der Waals surface area contributed by atoms with Crippen molar-refractivity contribution in [3.05, 3.63) is 29.6 Å². The van der Waals surface area contributed by atoms with Crippen molar-refractivity contribution in [1.29, 1.82) is 0 Å². The van der Waals surface area contributed by atoms with Crippen LogP contribution in [0, 0.1) is 0 Å². The van der Waals surface area contributed by atoms with E-state index in [0.717, 1.165) is 25.9 Å². The summed E-state index contributed by atoms with van der Waals surface area (Å²) in [4.78, 5) is 22.9. The predicted molar refractivity (Wildman–Crippen MR) is 90.4 cm³/mol. The maximum Gasteiger partial charge on any atom is 0.341 e. The average molecular weight is 337 g/mol. The smallest absolute Gasteiger partial charge is 0.341 e. The number of ether oxygens (including phenoxy) is 1. The normalized spacial score (nSPS) is 19.7. The molecule has 1 unspecified atom stereocenters. The minimum atomic E-state index is -0.341. The highest BCUT2D eigenvalue weighted by molar-refractivity contribution is 8.14. The standard InChI is InChI=1S/C16H23N3O3S/c1-3-22-16(21)14-10-18-19(11-14)8-4-5-13-9-17-7-6-15(13)23-12(2)20/h5,10-11,15,17H,3-4,6-9H2,1-2H3/b13-5+. The van der Waals surface area contributed by atoms with Gasteiger partial charge in [0.25, 0.3) is 0 Å². The van der Waals surface area contributed by atoms with Crippen LogP contribution in [0.1, 0.15) is 37.0 Å². The van der Waals surface area contributed by atoms with Crippen LogP contribution in [-0.4, -0.2) is 45.8 Å². The average Bonchev–Trinajstić information content (AvgIpc) is 2.98. The monoisotopic (exact) mass is 337 g/mol. The Kier molecular flexibility index (Phi) is 6.85. The second-order valence-electron chi connectivity index (χ2n) is 5.34. The first-order valence-corrected chi connectivity index (χ1v) is 8.74. The van der Waals surface area contributed by atoms with Gasteiger partial charge in [0.05, 0.1) is 18.4 Å². The second kappa shape index (κ2) is 8.88. The Balaban J connectivity index is 1.89. The van der Waals surface area contributed by atoms with Crippen LogP contribution in [0.2, 0.25) is 0 Å². The van der Waals surface area contributed by atoms with Crippen LogP contribution in [0.4, 0.5) is 0 Å². The number of nitrogens with zero attached hydrogens (tertiary/aromatic N) is 2. The number of piperidine rings is 1. The van der Waals surface area contributed by atoms with E-state index in [1.807, 2.05) is 0 Å². The molecule has 126 valence electrons. The van der Waals surface area contributed by atoms with Gasteiger partial charge < -0.3 is 10.1 Å². The topological polar surface area (TPSA) is 73.2 Å². The molecule has 1 atom stereocenters. The van der Waals surface area contributed by atoms with Crippen molar-refractivity contribution in [1.82, 2.24) is 15.1 Å². The highest BCUT2D eigenvalue weighted by Crippen LogP contribution is 2.25. The summed E-state index contributed by atoms with van der Waals surface area (Å²) in [7, 11) is 0. The lowest BCUT2D eigenvalue weighted by Crippen LogP contribution is -2.32. The van der Waals surface area contributed by atoms with Crippen molar-refractivity contribution in [2.24, 2.45) is 0 Å². The molecular formula is C16H23N3O3S. The first-order valence-electron chi connectivity index (χ1n) is 7.86. The van der Waals surface area contributed by atoms with E-state index in [4.69, 9.17) is 4.74 Å². The fourth-order valence-corrected chi connectivity index (χ4v) is 3.46. The summed E-state index contributed by atoms with van der Waals surface area (Å²) in [6, 6.07) is 0. The molecular weight excluding hydrogens is 314 g/mol. The number of aromatic nitrogens is 2. The second-order valence-corrected chi connectivity index (χ2v) is 6.72. The summed E-state index contributed by atoms with van der Waals surface area (Å²) in [5.41, 5.74) is 1.75. The Labute approximate surface area is 140 Å². The highest BCUT2D eigenvalue weighted by atomic mass is 32.2. The van der Waals surface area contributed by atoms with Crippen LogP contribution < -0.4 is 5.32 Å². The number of thioether (sulfide) groups is 1. The van der Waals surface area contributed by atoms with Crippen molar-refractivity contribution < 1.29 is 14.3 Å². The minimum absolute atomic E-state index is 0.161. The number of nitrogens with one attached hydrogen (secondary N) is 1. The zero-order chi connectivity index (χ0) is 16.7. The Morgan fingerprint density at radius 3 is 3.13 bits per heavy atom. The molecule has 1 aromatic rings. The van der Waals surface area contributed by atoms with Crippen LogP contribution in [0.25, 0.3) is 0 Å². The predicted octanol–water partition coefficient (Wildman–Crippen LogP) is 2.02. The van der Waals surface area contributed by atoms with Crippen molar-refractivity contribution >= 4 is 22.8 Å². The molecule has 0 spiro atoms. The summed E-state index contributed by atoms with van der Waals surface area (Å²) in [5.74, 6) is -0.341. The fraction of sp³-hybridized carbons (Fsp3) is 0.562. The zero-order valence-electron chi connectivity index (χ0n) is 13.6. The third-order valence-electron chi connectivity index (χ3n) is 3.54. The van der Waals surface area contributed by atoms with Crippen molar-refractivity contribution in [2.75, 3.05) is 19.7 Å². The van der Waals surface area contributed by atoms with Gasteiger partial charge in [-0.25, -0.2) is 4.79 Å². The van der Waals surface area contributed by atoms with E-state index >= 15 is 0 Å². The summed E-state index contributed by atoms with van der Waals surface area (Å²) in [6.45, 7) is 6.23. The van der Waals surface area contributed by atoms with Crippen LogP contribution >= 0.6 is 11.8 Å². The van der Waals surface area contributed by atoms with Crippen molar-refractivity contribution in [2.45, 2.75) is 38.5 Å². The lowest BCUT2D eigenvalue weighted by Gasteiger charge is -2.25. The van der Waals surface area contributed by atoms with Gasteiger partial charge in [0, 0.05) is 31.5 Å². The number of hydrogen-bond acceptors (Lipinski definition) is 6. The Hall–Kier alpha value is -1.60. The zero-order valence-corrected chi connectivity index (χ0v) is 14.4. The Bertz CT molecular complexity index is 583. The maximum atomic E-state index is 11.6. The third-order valence-corrected chi connectivity index (χ3v) is 4.70. The molecule has 2 heterocycles. The summed E-state index contributed by atoms with van der Waals surface area (Å²) >= 11 is 1.41. The molecule has 1 fully saturated rings. The number of carbonyl (C=O) groups excluding carboxylic acids is 2. The molecule has 7 heteroatoms. The molecule has 1 aliphatic heterocycles. The molecule has 0 amide bonds. The molecule has 23 heavy (non-hydrogen) atoms. The van der Waals surface area contributed by atoms with Gasteiger partial charge >= 0.3 is 5.97 Å². The van der Waals surface area contributed by atoms with E-state index in [1.54, 1.807) is 24.7 Å². The number of aryl methyl sites for hydroxylation is 1. The van der Waals surface area contributed by atoms with Gasteiger partial charge in [-0.1, -0.05) is 17.8 Å². The molecule has 0 radical (unpaired) electrons. The number of esters is 1. The molecule has 0 saturated carbocycles. The Morgan fingerprint density at radius 1 is 1.57 bits per heavy atom. The minimum Gasteiger partial charge on any atom is -0.462 e. The first kappa shape index (κ1) is 17.7. The fourth-order valence-electron chi connectivity index (χ4n) is 2.49. The lowest BCUT2D eigenvalue weighted by atomic mass is 10.0. The van der Waals surface area contributed by atoms with Crippen LogP contribution in [0.15, 0.2) is 24.0 Å². The van der Waals surface area contributed by atoms with Crippen molar-refractivity contribution in [3.8, 4) is 0 Å². The summed E-state index contributed by atoms with van der Waals surface area (Å²) < 4.78 is 6.69. The van der Waals surface area contributed by atoms with Crippen molar-refractivity contribution in [3.63, 3.8) is 0 Å². The van der Waals surface area contributed by atoms with Crippen LogP contribution in [-0.2, 0) is 16.1 Å². The van der Waals surface area contributed by atoms with E-state index in [1.165, 1.54) is 23.5 Å². The molecule has 0 aliphatic carbocycles. The van der Waals surface area contributed by atoms with Gasteiger partial charge in [-0.3, -0.25) is 9.48 Å². The number of allylic oxidation sites excluding steroid dienone is 1. The van der Waals surface area contributed by atoms with Gasteiger partial charge in [0.15, 0.2) is 5.12 Å². The molecule has 1 N–H and O–H groups in total. The molecule has 6 nitrogen and oxygen atoms in total. The number of rotatable bonds is 6. The van der Waals surface area contributed by atoms with E-state index in [2.05, 4.69) is 16.5 Å². The molecule has 0 bridgehead atoms.